The summed E-state index contributed by atoms with van der Waals surface area (Å²) in [4.78, 5) is 25.1. The van der Waals surface area contributed by atoms with Crippen molar-refractivity contribution in [3.63, 3.8) is 0 Å². The molecule has 1 heterocycles. The number of rotatable bonds is 5. The summed E-state index contributed by atoms with van der Waals surface area (Å²) in [6.45, 7) is 0.216. The molecule has 0 spiro atoms. The summed E-state index contributed by atoms with van der Waals surface area (Å²) in [5, 5.41) is 6.22. The Kier molecular flexibility index (Phi) is 4.07. The van der Waals surface area contributed by atoms with Gasteiger partial charge in [0.05, 0.1) is 6.54 Å². The van der Waals surface area contributed by atoms with E-state index in [1.54, 1.807) is 0 Å². The van der Waals surface area contributed by atoms with Gasteiger partial charge in [0.15, 0.2) is 0 Å². The lowest BCUT2D eigenvalue weighted by atomic mass is 10.5. The summed E-state index contributed by atoms with van der Waals surface area (Å²) in [6, 6.07) is 0. The standard InChI is InChI=1S/C7H12N6O3/c8-6-11-4-13(12-6)3-5(14)10-1-2-16-7(9)15/h4H,1-3H2,(H2,8,12)(H2,9,15)(H,10,14). The van der Waals surface area contributed by atoms with Gasteiger partial charge in [0.2, 0.25) is 11.9 Å². The second-order valence-electron chi connectivity index (χ2n) is 2.82. The monoisotopic (exact) mass is 228 g/mol. The third kappa shape index (κ3) is 4.26. The van der Waals surface area contributed by atoms with E-state index in [1.165, 1.54) is 11.0 Å². The van der Waals surface area contributed by atoms with Crippen molar-refractivity contribution in [3.8, 4) is 0 Å². The van der Waals surface area contributed by atoms with Crippen LogP contribution in [0.4, 0.5) is 10.7 Å². The van der Waals surface area contributed by atoms with E-state index in [0.717, 1.165) is 0 Å². The molecule has 0 radical (unpaired) electrons. The highest BCUT2D eigenvalue weighted by Crippen LogP contribution is 1.88. The van der Waals surface area contributed by atoms with E-state index >= 15 is 0 Å². The fraction of sp³-hybridized carbons (Fsp3) is 0.429. The zero-order chi connectivity index (χ0) is 12.0. The number of nitrogens with zero attached hydrogens (tertiary/aromatic N) is 3. The van der Waals surface area contributed by atoms with Crippen LogP contribution in [0.2, 0.25) is 0 Å². The van der Waals surface area contributed by atoms with Crippen LogP contribution >= 0.6 is 0 Å². The number of carbonyl (C=O) groups excluding carboxylic acids is 2. The molecule has 0 bridgehead atoms. The highest BCUT2D eigenvalue weighted by Gasteiger charge is 2.04. The number of carbonyl (C=O) groups is 2. The first-order valence-corrected chi connectivity index (χ1v) is 4.42. The summed E-state index contributed by atoms with van der Waals surface area (Å²) < 4.78 is 5.71. The molecule has 1 aromatic heterocycles. The van der Waals surface area contributed by atoms with Crippen LogP contribution in [0.1, 0.15) is 0 Å². The van der Waals surface area contributed by atoms with E-state index in [9.17, 15) is 9.59 Å². The number of primary amides is 1. The Balaban J connectivity index is 2.18. The van der Waals surface area contributed by atoms with Gasteiger partial charge in [-0.2, -0.15) is 0 Å². The van der Waals surface area contributed by atoms with Gasteiger partial charge in [0.25, 0.3) is 0 Å². The molecule has 9 nitrogen and oxygen atoms in total. The van der Waals surface area contributed by atoms with Gasteiger partial charge in [-0.3, -0.25) is 4.79 Å². The largest absolute Gasteiger partial charge is 0.448 e. The molecule has 1 aromatic rings. The van der Waals surface area contributed by atoms with Crippen LogP contribution in [0, 0.1) is 0 Å². The smallest absolute Gasteiger partial charge is 0.404 e. The number of aromatic nitrogens is 3. The van der Waals surface area contributed by atoms with Crippen molar-refractivity contribution in [1.82, 2.24) is 20.1 Å². The minimum absolute atomic E-state index is 0.000765. The Labute approximate surface area is 90.7 Å². The van der Waals surface area contributed by atoms with Gasteiger partial charge in [-0.25, -0.2) is 14.5 Å². The second kappa shape index (κ2) is 5.53. The molecule has 0 aliphatic rings. The summed E-state index contributed by atoms with van der Waals surface area (Å²) >= 11 is 0. The molecule has 0 unspecified atom stereocenters. The minimum atomic E-state index is -0.877. The third-order valence-electron chi connectivity index (χ3n) is 1.53. The quantitative estimate of drug-likeness (QED) is 0.502. The Morgan fingerprint density at radius 3 is 2.88 bits per heavy atom. The van der Waals surface area contributed by atoms with Gasteiger partial charge >= 0.3 is 6.09 Å². The van der Waals surface area contributed by atoms with Gasteiger partial charge in [-0.15, -0.1) is 5.10 Å². The van der Waals surface area contributed by atoms with Crippen molar-refractivity contribution < 1.29 is 14.3 Å². The molecule has 0 fully saturated rings. The highest BCUT2D eigenvalue weighted by molar-refractivity contribution is 5.75. The Hall–Kier alpha value is -2.32. The number of ether oxygens (including phenoxy) is 1. The molecular formula is C7H12N6O3. The number of nitrogen functional groups attached to an aromatic ring is 1. The molecule has 0 aromatic carbocycles. The lowest BCUT2D eigenvalue weighted by molar-refractivity contribution is -0.122. The maximum Gasteiger partial charge on any atom is 0.404 e. The van der Waals surface area contributed by atoms with Gasteiger partial charge in [0.1, 0.15) is 19.5 Å². The molecule has 2 amide bonds. The zero-order valence-corrected chi connectivity index (χ0v) is 8.42. The van der Waals surface area contributed by atoms with Crippen LogP contribution in [-0.2, 0) is 16.1 Å². The normalized spacial score (nSPS) is 9.75. The first kappa shape index (κ1) is 11.8. The van der Waals surface area contributed by atoms with E-state index in [4.69, 9.17) is 11.5 Å². The second-order valence-corrected chi connectivity index (χ2v) is 2.82. The van der Waals surface area contributed by atoms with Gasteiger partial charge in [-0.1, -0.05) is 0 Å². The average molecular weight is 228 g/mol. The van der Waals surface area contributed by atoms with E-state index in [-0.39, 0.29) is 31.6 Å². The van der Waals surface area contributed by atoms with Crippen molar-refractivity contribution in [3.05, 3.63) is 6.33 Å². The fourth-order valence-corrected chi connectivity index (χ4v) is 0.930. The van der Waals surface area contributed by atoms with Crippen LogP contribution in [0.15, 0.2) is 6.33 Å². The zero-order valence-electron chi connectivity index (χ0n) is 8.42. The molecule has 0 saturated carbocycles. The van der Waals surface area contributed by atoms with E-state index in [1.807, 2.05) is 0 Å². The molecule has 1 rings (SSSR count). The minimum Gasteiger partial charge on any atom is -0.448 e. The summed E-state index contributed by atoms with van der Waals surface area (Å²) in [7, 11) is 0. The molecule has 9 heteroatoms. The first-order chi connectivity index (χ1) is 7.58. The Bertz CT molecular complexity index is 376. The van der Waals surface area contributed by atoms with Crippen molar-refractivity contribution in [2.75, 3.05) is 18.9 Å². The molecule has 0 atom stereocenters. The lowest BCUT2D eigenvalue weighted by Gasteiger charge is -2.04. The van der Waals surface area contributed by atoms with Gasteiger partial charge < -0.3 is 21.5 Å². The molecule has 0 saturated heterocycles. The van der Waals surface area contributed by atoms with Crippen molar-refractivity contribution in [2.24, 2.45) is 5.73 Å². The van der Waals surface area contributed by atoms with Gasteiger partial charge in [-0.05, 0) is 0 Å². The Morgan fingerprint density at radius 2 is 2.31 bits per heavy atom. The van der Waals surface area contributed by atoms with Crippen molar-refractivity contribution in [2.45, 2.75) is 6.54 Å². The molecule has 88 valence electrons. The lowest BCUT2D eigenvalue weighted by Crippen LogP contribution is -2.31. The van der Waals surface area contributed by atoms with Crippen LogP contribution in [0.5, 0.6) is 0 Å². The van der Waals surface area contributed by atoms with Crippen LogP contribution in [0.25, 0.3) is 0 Å². The predicted octanol–water partition coefficient (Wildman–Crippen LogP) is -1.93. The average Bonchev–Trinajstić information content (AvgIpc) is 2.58. The number of nitrogens with two attached hydrogens (primary N) is 2. The molecule has 5 N–H and O–H groups in total. The maximum absolute atomic E-state index is 11.3. The summed E-state index contributed by atoms with van der Waals surface area (Å²) in [6.07, 6.45) is 0.466. The maximum atomic E-state index is 11.3. The fourth-order valence-electron chi connectivity index (χ4n) is 0.930. The van der Waals surface area contributed by atoms with Crippen LogP contribution in [0.3, 0.4) is 0 Å². The molecule has 0 aliphatic heterocycles. The van der Waals surface area contributed by atoms with E-state index < -0.39 is 6.09 Å². The molecule has 0 aliphatic carbocycles. The molecular weight excluding hydrogens is 216 g/mol. The third-order valence-corrected chi connectivity index (χ3v) is 1.53. The molecule has 16 heavy (non-hydrogen) atoms. The SMILES string of the molecule is NC(=O)OCCNC(=O)Cn1cnc(N)n1. The summed E-state index contributed by atoms with van der Waals surface area (Å²) in [5.41, 5.74) is 9.99. The Morgan fingerprint density at radius 1 is 1.56 bits per heavy atom. The van der Waals surface area contributed by atoms with Crippen molar-refractivity contribution in [1.29, 1.82) is 0 Å². The number of hydrogen-bond donors (Lipinski definition) is 3. The highest BCUT2D eigenvalue weighted by atomic mass is 16.5. The summed E-state index contributed by atoms with van der Waals surface area (Å²) in [5.74, 6) is -0.192. The topological polar surface area (TPSA) is 138 Å². The number of nitrogens with one attached hydrogen (secondary N) is 1. The van der Waals surface area contributed by atoms with Crippen LogP contribution in [-0.4, -0.2) is 39.9 Å². The number of anilines is 1. The van der Waals surface area contributed by atoms with E-state index in [0.29, 0.717) is 0 Å². The first-order valence-electron chi connectivity index (χ1n) is 4.42. The predicted molar refractivity (Wildman–Crippen MR) is 53.0 cm³/mol. The van der Waals surface area contributed by atoms with Gasteiger partial charge in [0, 0.05) is 0 Å². The van der Waals surface area contributed by atoms with Crippen LogP contribution < -0.4 is 16.8 Å². The van der Waals surface area contributed by atoms with Crippen molar-refractivity contribution >= 4 is 17.9 Å². The number of amides is 2. The van der Waals surface area contributed by atoms with E-state index in [2.05, 4.69) is 20.1 Å². The number of hydrogen-bond acceptors (Lipinski definition) is 6.